The lowest BCUT2D eigenvalue weighted by Gasteiger charge is -2.14. The topological polar surface area (TPSA) is 38.9 Å². The maximum atomic E-state index is 13.6. The second-order valence-corrected chi connectivity index (χ2v) is 3.93. The molecule has 1 aromatic carbocycles. The SMILES string of the molecule is NC(c1ccncc1Cl)c1cccc(F)c1F. The van der Waals surface area contributed by atoms with Crippen molar-refractivity contribution < 1.29 is 8.78 Å². The summed E-state index contributed by atoms with van der Waals surface area (Å²) in [5.41, 5.74) is 6.44. The lowest BCUT2D eigenvalue weighted by Crippen LogP contribution is -2.15. The number of nitrogens with two attached hydrogens (primary N) is 1. The van der Waals surface area contributed by atoms with Crippen LogP contribution < -0.4 is 5.73 Å². The molecule has 88 valence electrons. The predicted molar refractivity (Wildman–Crippen MR) is 61.6 cm³/mol. The predicted octanol–water partition coefficient (Wildman–Crippen LogP) is 3.06. The molecule has 1 unspecified atom stereocenters. The first kappa shape index (κ1) is 12.0. The van der Waals surface area contributed by atoms with Crippen LogP contribution in [0.1, 0.15) is 17.2 Å². The van der Waals surface area contributed by atoms with Crippen molar-refractivity contribution in [2.24, 2.45) is 5.73 Å². The van der Waals surface area contributed by atoms with E-state index in [1.54, 1.807) is 6.07 Å². The van der Waals surface area contributed by atoms with Crippen LogP contribution in [-0.2, 0) is 0 Å². The van der Waals surface area contributed by atoms with Gasteiger partial charge in [0.1, 0.15) is 0 Å². The maximum Gasteiger partial charge on any atom is 0.163 e. The molecular formula is C12H9ClF2N2. The van der Waals surface area contributed by atoms with Gasteiger partial charge in [0.25, 0.3) is 0 Å². The van der Waals surface area contributed by atoms with Crippen molar-refractivity contribution in [3.05, 3.63) is 64.4 Å². The van der Waals surface area contributed by atoms with Crippen molar-refractivity contribution in [1.82, 2.24) is 4.98 Å². The van der Waals surface area contributed by atoms with E-state index in [1.807, 2.05) is 0 Å². The molecule has 0 aliphatic heterocycles. The highest BCUT2D eigenvalue weighted by atomic mass is 35.5. The average molecular weight is 255 g/mol. The molecule has 0 fully saturated rings. The number of hydrogen-bond donors (Lipinski definition) is 1. The second-order valence-electron chi connectivity index (χ2n) is 3.52. The van der Waals surface area contributed by atoms with Gasteiger partial charge < -0.3 is 5.73 Å². The fraction of sp³-hybridized carbons (Fsp3) is 0.0833. The van der Waals surface area contributed by atoms with Gasteiger partial charge in [0, 0.05) is 18.0 Å². The first-order valence-electron chi connectivity index (χ1n) is 4.90. The number of pyridine rings is 1. The van der Waals surface area contributed by atoms with Crippen molar-refractivity contribution in [2.75, 3.05) is 0 Å². The van der Waals surface area contributed by atoms with Gasteiger partial charge in [-0.1, -0.05) is 23.7 Å². The van der Waals surface area contributed by atoms with Crippen molar-refractivity contribution in [1.29, 1.82) is 0 Å². The molecule has 0 saturated heterocycles. The van der Waals surface area contributed by atoms with Crippen LogP contribution in [-0.4, -0.2) is 4.98 Å². The molecule has 0 radical (unpaired) electrons. The summed E-state index contributed by atoms with van der Waals surface area (Å²) in [6.45, 7) is 0. The number of halogens is 3. The van der Waals surface area contributed by atoms with Crippen LogP contribution in [0.3, 0.4) is 0 Å². The van der Waals surface area contributed by atoms with E-state index in [4.69, 9.17) is 17.3 Å². The number of aromatic nitrogens is 1. The van der Waals surface area contributed by atoms with Crippen LogP contribution in [0.4, 0.5) is 8.78 Å². The Kier molecular flexibility index (Phi) is 3.36. The van der Waals surface area contributed by atoms with Gasteiger partial charge in [0.2, 0.25) is 0 Å². The molecule has 2 nitrogen and oxygen atoms in total. The summed E-state index contributed by atoms with van der Waals surface area (Å²) in [6, 6.07) is 4.64. The minimum Gasteiger partial charge on any atom is -0.320 e. The molecule has 17 heavy (non-hydrogen) atoms. The molecule has 0 aliphatic rings. The van der Waals surface area contributed by atoms with E-state index in [9.17, 15) is 8.78 Å². The fourth-order valence-electron chi connectivity index (χ4n) is 1.57. The van der Waals surface area contributed by atoms with Crippen LogP contribution in [0.15, 0.2) is 36.7 Å². The van der Waals surface area contributed by atoms with E-state index in [0.29, 0.717) is 10.6 Å². The number of hydrogen-bond acceptors (Lipinski definition) is 2. The van der Waals surface area contributed by atoms with Gasteiger partial charge >= 0.3 is 0 Å². The van der Waals surface area contributed by atoms with Crippen LogP contribution in [0.2, 0.25) is 5.02 Å². The van der Waals surface area contributed by atoms with E-state index >= 15 is 0 Å². The first-order chi connectivity index (χ1) is 8.11. The Morgan fingerprint density at radius 1 is 1.18 bits per heavy atom. The Labute approximate surface area is 102 Å². The Hall–Kier alpha value is -1.52. The Morgan fingerprint density at radius 2 is 1.94 bits per heavy atom. The summed E-state index contributed by atoms with van der Waals surface area (Å²) < 4.78 is 26.6. The molecule has 0 spiro atoms. The molecule has 1 heterocycles. The monoisotopic (exact) mass is 254 g/mol. The van der Waals surface area contributed by atoms with Gasteiger partial charge in [-0.2, -0.15) is 0 Å². The molecule has 2 rings (SSSR count). The van der Waals surface area contributed by atoms with Gasteiger partial charge in [-0.05, 0) is 17.7 Å². The number of rotatable bonds is 2. The molecule has 5 heteroatoms. The van der Waals surface area contributed by atoms with E-state index in [0.717, 1.165) is 6.07 Å². The first-order valence-corrected chi connectivity index (χ1v) is 5.28. The van der Waals surface area contributed by atoms with Crippen molar-refractivity contribution >= 4 is 11.6 Å². The largest absolute Gasteiger partial charge is 0.320 e. The van der Waals surface area contributed by atoms with Crippen LogP contribution in [0.5, 0.6) is 0 Å². The molecule has 1 atom stereocenters. The zero-order valence-corrected chi connectivity index (χ0v) is 9.46. The zero-order chi connectivity index (χ0) is 12.4. The molecule has 0 saturated carbocycles. The smallest absolute Gasteiger partial charge is 0.163 e. The normalized spacial score (nSPS) is 12.5. The van der Waals surface area contributed by atoms with Gasteiger partial charge in [0.05, 0.1) is 11.1 Å². The van der Waals surface area contributed by atoms with Crippen LogP contribution in [0.25, 0.3) is 0 Å². The standard InChI is InChI=1S/C12H9ClF2N2/c13-9-6-17-5-4-7(9)12(16)8-2-1-3-10(14)11(8)15/h1-6,12H,16H2. The van der Waals surface area contributed by atoms with Gasteiger partial charge in [-0.25, -0.2) is 8.78 Å². The Balaban J connectivity index is 2.48. The minimum atomic E-state index is -0.951. The highest BCUT2D eigenvalue weighted by Gasteiger charge is 2.18. The summed E-state index contributed by atoms with van der Waals surface area (Å²) in [7, 11) is 0. The van der Waals surface area contributed by atoms with E-state index < -0.39 is 17.7 Å². The summed E-state index contributed by atoms with van der Waals surface area (Å²) in [5.74, 6) is -1.88. The van der Waals surface area contributed by atoms with Gasteiger partial charge in [-0.3, -0.25) is 4.98 Å². The molecule has 0 amide bonds. The summed E-state index contributed by atoms with van der Waals surface area (Å²) >= 11 is 5.90. The third-order valence-electron chi connectivity index (χ3n) is 2.46. The lowest BCUT2D eigenvalue weighted by molar-refractivity contribution is 0.494. The molecule has 0 aliphatic carbocycles. The van der Waals surface area contributed by atoms with Crippen molar-refractivity contribution in [2.45, 2.75) is 6.04 Å². The fourth-order valence-corrected chi connectivity index (χ4v) is 1.80. The van der Waals surface area contributed by atoms with E-state index in [2.05, 4.69) is 4.98 Å². The quantitative estimate of drug-likeness (QED) is 0.895. The molecule has 1 aromatic heterocycles. The lowest BCUT2D eigenvalue weighted by atomic mass is 10.00. The summed E-state index contributed by atoms with van der Waals surface area (Å²) in [5, 5.41) is 0.323. The molecule has 0 bridgehead atoms. The van der Waals surface area contributed by atoms with Gasteiger partial charge in [-0.15, -0.1) is 0 Å². The highest BCUT2D eigenvalue weighted by Crippen LogP contribution is 2.27. The Morgan fingerprint density at radius 3 is 2.65 bits per heavy atom. The van der Waals surface area contributed by atoms with Gasteiger partial charge in [0.15, 0.2) is 11.6 Å². The number of nitrogens with zero attached hydrogens (tertiary/aromatic N) is 1. The molecule has 2 aromatic rings. The summed E-state index contributed by atoms with van der Waals surface area (Å²) in [6.07, 6.45) is 2.91. The Bertz CT molecular complexity index is 546. The average Bonchev–Trinajstić information content (AvgIpc) is 2.32. The van der Waals surface area contributed by atoms with E-state index in [-0.39, 0.29) is 5.56 Å². The summed E-state index contributed by atoms with van der Waals surface area (Å²) in [4.78, 5) is 3.81. The van der Waals surface area contributed by atoms with Crippen LogP contribution in [0, 0.1) is 11.6 Å². The van der Waals surface area contributed by atoms with Crippen LogP contribution >= 0.6 is 11.6 Å². The third-order valence-corrected chi connectivity index (χ3v) is 2.77. The third kappa shape index (κ3) is 2.28. The van der Waals surface area contributed by atoms with Crippen molar-refractivity contribution in [3.63, 3.8) is 0 Å². The molecular weight excluding hydrogens is 246 g/mol. The van der Waals surface area contributed by atoms with E-state index in [1.165, 1.54) is 24.5 Å². The highest BCUT2D eigenvalue weighted by molar-refractivity contribution is 6.31. The second kappa shape index (κ2) is 4.77. The minimum absolute atomic E-state index is 0.0677. The maximum absolute atomic E-state index is 13.6. The molecule has 2 N–H and O–H groups in total. The van der Waals surface area contributed by atoms with Crippen molar-refractivity contribution in [3.8, 4) is 0 Å². The number of benzene rings is 1. The zero-order valence-electron chi connectivity index (χ0n) is 8.70.